The maximum atomic E-state index is 5.78. The van der Waals surface area contributed by atoms with Crippen molar-refractivity contribution in [1.29, 1.82) is 0 Å². The summed E-state index contributed by atoms with van der Waals surface area (Å²) in [4.78, 5) is 6.85. The molecule has 0 aromatic heterocycles. The summed E-state index contributed by atoms with van der Waals surface area (Å²) < 4.78 is 5.78. The number of para-hydroxylation sites is 1. The Balaban J connectivity index is 0.00000225. The predicted molar refractivity (Wildman–Crippen MR) is 127 cm³/mol. The van der Waals surface area contributed by atoms with Crippen molar-refractivity contribution in [1.82, 2.24) is 10.2 Å². The van der Waals surface area contributed by atoms with Crippen LogP contribution in [0.5, 0.6) is 5.75 Å². The molecule has 148 valence electrons. The van der Waals surface area contributed by atoms with E-state index in [2.05, 4.69) is 69.8 Å². The molecule has 0 radical (unpaired) electrons. The van der Waals surface area contributed by atoms with Gasteiger partial charge in [0.1, 0.15) is 5.75 Å². The molecule has 0 spiro atoms. The van der Waals surface area contributed by atoms with E-state index in [1.165, 1.54) is 16.7 Å². The van der Waals surface area contributed by atoms with E-state index in [1.54, 1.807) is 0 Å². The zero-order valence-corrected chi connectivity index (χ0v) is 18.6. The Morgan fingerprint density at radius 2 is 1.93 bits per heavy atom. The Hall–Kier alpha value is -2.02. The van der Waals surface area contributed by atoms with E-state index < -0.39 is 0 Å². The van der Waals surface area contributed by atoms with Gasteiger partial charge in [-0.2, -0.15) is 0 Å². The largest absolute Gasteiger partial charge is 0.493 e. The van der Waals surface area contributed by atoms with Crippen molar-refractivity contribution in [2.75, 3.05) is 33.3 Å². The minimum absolute atomic E-state index is 0. The van der Waals surface area contributed by atoms with Crippen molar-refractivity contribution in [3.63, 3.8) is 0 Å². The molecule has 2 aromatic carbocycles. The Morgan fingerprint density at radius 3 is 2.68 bits per heavy atom. The van der Waals surface area contributed by atoms with Crippen molar-refractivity contribution in [3.8, 4) is 5.75 Å². The van der Waals surface area contributed by atoms with Crippen LogP contribution in [0.4, 0.5) is 0 Å². The third kappa shape index (κ3) is 4.69. The van der Waals surface area contributed by atoms with Gasteiger partial charge in [-0.1, -0.05) is 54.6 Å². The summed E-state index contributed by atoms with van der Waals surface area (Å²) in [6, 6.07) is 19.0. The first-order chi connectivity index (χ1) is 13.3. The summed E-state index contributed by atoms with van der Waals surface area (Å²) >= 11 is 0. The van der Waals surface area contributed by atoms with E-state index in [9.17, 15) is 0 Å². The van der Waals surface area contributed by atoms with Crippen LogP contribution < -0.4 is 10.1 Å². The van der Waals surface area contributed by atoms with Gasteiger partial charge in [0.15, 0.2) is 5.96 Å². The Labute approximate surface area is 184 Å². The van der Waals surface area contributed by atoms with E-state index in [4.69, 9.17) is 4.74 Å². The molecule has 0 saturated carbocycles. The molecule has 5 heteroatoms. The van der Waals surface area contributed by atoms with Crippen LogP contribution in [0.15, 0.2) is 65.7 Å². The first-order valence-electron chi connectivity index (χ1n) is 9.77. The van der Waals surface area contributed by atoms with Crippen molar-refractivity contribution in [3.05, 3.63) is 71.8 Å². The third-order valence-corrected chi connectivity index (χ3v) is 5.45. The SMILES string of the molecule is CN=C(NCC1CCOc2ccccc21)N1CC=C(c2ccccc2)CC1.I. The van der Waals surface area contributed by atoms with E-state index in [-0.39, 0.29) is 24.0 Å². The van der Waals surface area contributed by atoms with Gasteiger partial charge in [0, 0.05) is 32.6 Å². The fourth-order valence-corrected chi connectivity index (χ4v) is 3.95. The highest BCUT2D eigenvalue weighted by molar-refractivity contribution is 14.0. The van der Waals surface area contributed by atoms with Crippen LogP contribution in [0.3, 0.4) is 0 Å². The van der Waals surface area contributed by atoms with Gasteiger partial charge in [0.05, 0.1) is 6.61 Å². The number of fused-ring (bicyclic) bond motifs is 1. The number of ether oxygens (including phenoxy) is 1. The van der Waals surface area contributed by atoms with E-state index in [0.717, 1.165) is 50.8 Å². The van der Waals surface area contributed by atoms with Crippen LogP contribution in [0.1, 0.15) is 29.9 Å². The molecule has 2 aliphatic rings. The zero-order chi connectivity index (χ0) is 18.5. The highest BCUT2D eigenvalue weighted by Gasteiger charge is 2.22. The molecule has 0 saturated heterocycles. The molecular weight excluding hydrogens is 461 g/mol. The van der Waals surface area contributed by atoms with Crippen LogP contribution in [-0.4, -0.2) is 44.1 Å². The summed E-state index contributed by atoms with van der Waals surface area (Å²) in [5.74, 6) is 2.48. The number of aliphatic imine (C=N–C) groups is 1. The molecule has 2 aromatic rings. The highest BCUT2D eigenvalue weighted by atomic mass is 127. The van der Waals surface area contributed by atoms with Crippen LogP contribution in [0.2, 0.25) is 0 Å². The molecule has 1 N–H and O–H groups in total. The third-order valence-electron chi connectivity index (χ3n) is 5.45. The lowest BCUT2D eigenvalue weighted by atomic mass is 9.93. The van der Waals surface area contributed by atoms with Crippen LogP contribution in [0, 0.1) is 0 Å². The van der Waals surface area contributed by atoms with Crippen molar-refractivity contribution in [2.24, 2.45) is 4.99 Å². The number of hydrogen-bond donors (Lipinski definition) is 1. The molecule has 0 fully saturated rings. The average Bonchev–Trinajstić information content (AvgIpc) is 2.75. The summed E-state index contributed by atoms with van der Waals surface area (Å²) in [5, 5.41) is 3.60. The molecule has 28 heavy (non-hydrogen) atoms. The number of hydrogen-bond acceptors (Lipinski definition) is 2. The fourth-order valence-electron chi connectivity index (χ4n) is 3.95. The monoisotopic (exact) mass is 489 g/mol. The number of nitrogens with zero attached hydrogens (tertiary/aromatic N) is 2. The minimum atomic E-state index is 0. The van der Waals surface area contributed by atoms with Crippen molar-refractivity contribution < 1.29 is 4.74 Å². The highest BCUT2D eigenvalue weighted by Crippen LogP contribution is 2.32. The summed E-state index contributed by atoms with van der Waals surface area (Å²) in [5.41, 5.74) is 4.07. The van der Waals surface area contributed by atoms with Gasteiger partial charge in [-0.15, -0.1) is 24.0 Å². The van der Waals surface area contributed by atoms with E-state index in [1.807, 2.05) is 13.1 Å². The molecule has 2 heterocycles. The van der Waals surface area contributed by atoms with Crippen LogP contribution >= 0.6 is 24.0 Å². The zero-order valence-electron chi connectivity index (χ0n) is 16.3. The standard InChI is InChI=1S/C23H27N3O.HI/c1-24-23(25-17-20-13-16-27-22-10-6-5-9-21(20)22)26-14-11-19(12-15-26)18-7-3-2-4-8-18;/h2-11,20H,12-17H2,1H3,(H,24,25);1H. The molecular formula is C23H28IN3O. The Morgan fingerprint density at radius 1 is 1.14 bits per heavy atom. The van der Waals surface area contributed by atoms with Crippen LogP contribution in [-0.2, 0) is 0 Å². The number of benzene rings is 2. The quantitative estimate of drug-likeness (QED) is 0.391. The first-order valence-corrected chi connectivity index (χ1v) is 9.77. The fraction of sp³-hybridized carbons (Fsp3) is 0.348. The smallest absolute Gasteiger partial charge is 0.193 e. The molecule has 1 atom stereocenters. The second-order valence-electron chi connectivity index (χ2n) is 7.09. The molecule has 1 unspecified atom stereocenters. The van der Waals surface area contributed by atoms with Gasteiger partial charge in [-0.25, -0.2) is 0 Å². The van der Waals surface area contributed by atoms with Gasteiger partial charge < -0.3 is 15.0 Å². The number of nitrogens with one attached hydrogen (secondary N) is 1. The van der Waals surface area contributed by atoms with Crippen molar-refractivity contribution in [2.45, 2.75) is 18.8 Å². The summed E-state index contributed by atoms with van der Waals surface area (Å²) in [7, 11) is 1.87. The minimum Gasteiger partial charge on any atom is -0.493 e. The topological polar surface area (TPSA) is 36.9 Å². The number of guanidine groups is 1. The molecule has 4 rings (SSSR count). The normalized spacial score (nSPS) is 19.0. The summed E-state index contributed by atoms with van der Waals surface area (Å²) in [6.45, 7) is 3.56. The lowest BCUT2D eigenvalue weighted by Crippen LogP contribution is -2.45. The van der Waals surface area contributed by atoms with Crippen LogP contribution in [0.25, 0.3) is 5.57 Å². The predicted octanol–water partition coefficient (Wildman–Crippen LogP) is 4.54. The lowest BCUT2D eigenvalue weighted by molar-refractivity contribution is 0.266. The second-order valence-corrected chi connectivity index (χ2v) is 7.09. The Kier molecular flexibility index (Phi) is 7.36. The number of rotatable bonds is 3. The maximum absolute atomic E-state index is 5.78. The molecule has 0 aliphatic carbocycles. The molecule has 4 nitrogen and oxygen atoms in total. The molecule has 0 bridgehead atoms. The maximum Gasteiger partial charge on any atom is 0.193 e. The van der Waals surface area contributed by atoms with Crippen molar-refractivity contribution >= 4 is 35.5 Å². The average molecular weight is 489 g/mol. The first kappa shape index (κ1) is 20.7. The van der Waals surface area contributed by atoms with E-state index in [0.29, 0.717) is 5.92 Å². The molecule has 0 amide bonds. The van der Waals surface area contributed by atoms with E-state index >= 15 is 0 Å². The second kappa shape index (κ2) is 9.96. The van der Waals surface area contributed by atoms with Gasteiger partial charge in [-0.05, 0) is 35.6 Å². The van der Waals surface area contributed by atoms with Gasteiger partial charge in [0.2, 0.25) is 0 Å². The summed E-state index contributed by atoms with van der Waals surface area (Å²) in [6.07, 6.45) is 4.42. The molecule has 2 aliphatic heterocycles. The van der Waals surface area contributed by atoms with Gasteiger partial charge >= 0.3 is 0 Å². The van der Waals surface area contributed by atoms with Gasteiger partial charge in [0.25, 0.3) is 0 Å². The van der Waals surface area contributed by atoms with Gasteiger partial charge in [-0.3, -0.25) is 4.99 Å². The Bertz CT molecular complexity index is 835. The number of halogens is 1. The lowest BCUT2D eigenvalue weighted by Gasteiger charge is -2.32.